The quantitative estimate of drug-likeness (QED) is 0.813. The molecule has 15 heavy (non-hydrogen) atoms. The SMILES string of the molecule is CSCCc1nc2c(N)cc(Cl)cc2[nH]1. The molecule has 0 aliphatic heterocycles. The zero-order valence-corrected chi connectivity index (χ0v) is 9.95. The van der Waals surface area contributed by atoms with Gasteiger partial charge < -0.3 is 10.7 Å². The molecule has 0 fully saturated rings. The van der Waals surface area contributed by atoms with Crippen LogP contribution in [0.5, 0.6) is 0 Å². The van der Waals surface area contributed by atoms with Gasteiger partial charge in [-0.05, 0) is 18.4 Å². The number of benzene rings is 1. The summed E-state index contributed by atoms with van der Waals surface area (Å²) in [5.41, 5.74) is 8.18. The van der Waals surface area contributed by atoms with Gasteiger partial charge in [-0.15, -0.1) is 0 Å². The van der Waals surface area contributed by atoms with Crippen molar-refractivity contribution in [2.45, 2.75) is 6.42 Å². The van der Waals surface area contributed by atoms with Crippen molar-refractivity contribution in [1.29, 1.82) is 0 Å². The summed E-state index contributed by atoms with van der Waals surface area (Å²) in [4.78, 5) is 7.66. The monoisotopic (exact) mass is 241 g/mol. The van der Waals surface area contributed by atoms with E-state index in [2.05, 4.69) is 16.2 Å². The first-order chi connectivity index (χ1) is 7.20. The molecule has 0 spiro atoms. The Kier molecular flexibility index (Phi) is 3.07. The summed E-state index contributed by atoms with van der Waals surface area (Å²) < 4.78 is 0. The Morgan fingerprint density at radius 3 is 3.07 bits per heavy atom. The molecule has 0 saturated heterocycles. The molecular formula is C10H12ClN3S. The predicted molar refractivity (Wildman–Crippen MR) is 67.6 cm³/mol. The summed E-state index contributed by atoms with van der Waals surface area (Å²) in [6.07, 6.45) is 3.00. The fourth-order valence-electron chi connectivity index (χ4n) is 1.48. The number of nitrogens with zero attached hydrogens (tertiary/aromatic N) is 1. The van der Waals surface area contributed by atoms with Gasteiger partial charge in [-0.2, -0.15) is 11.8 Å². The maximum Gasteiger partial charge on any atom is 0.112 e. The lowest BCUT2D eigenvalue weighted by molar-refractivity contribution is 1.01. The second-order valence-corrected chi connectivity index (χ2v) is 4.74. The number of halogens is 1. The number of nitrogen functional groups attached to an aromatic ring is 1. The van der Waals surface area contributed by atoms with Crippen LogP contribution in [0.2, 0.25) is 5.02 Å². The van der Waals surface area contributed by atoms with Crippen molar-refractivity contribution in [3.8, 4) is 0 Å². The molecule has 5 heteroatoms. The van der Waals surface area contributed by atoms with Crippen LogP contribution in [-0.4, -0.2) is 22.0 Å². The summed E-state index contributed by atoms with van der Waals surface area (Å²) in [7, 11) is 0. The molecule has 3 N–H and O–H groups in total. The van der Waals surface area contributed by atoms with Gasteiger partial charge in [0.15, 0.2) is 0 Å². The van der Waals surface area contributed by atoms with Crippen molar-refractivity contribution in [3.05, 3.63) is 23.0 Å². The minimum absolute atomic E-state index is 0.629. The highest BCUT2D eigenvalue weighted by Crippen LogP contribution is 2.24. The third-order valence-corrected chi connectivity index (χ3v) is 3.00. The van der Waals surface area contributed by atoms with E-state index in [0.717, 1.165) is 29.0 Å². The maximum absolute atomic E-state index is 5.91. The maximum atomic E-state index is 5.91. The number of hydrogen-bond acceptors (Lipinski definition) is 3. The largest absolute Gasteiger partial charge is 0.397 e. The number of imidazole rings is 1. The van der Waals surface area contributed by atoms with Crippen molar-refractivity contribution in [2.24, 2.45) is 0 Å². The average molecular weight is 242 g/mol. The Morgan fingerprint density at radius 2 is 2.33 bits per heavy atom. The highest BCUT2D eigenvalue weighted by Gasteiger charge is 2.06. The van der Waals surface area contributed by atoms with Crippen LogP contribution in [0.25, 0.3) is 11.0 Å². The summed E-state index contributed by atoms with van der Waals surface area (Å²) in [6.45, 7) is 0. The van der Waals surface area contributed by atoms with Crippen LogP contribution in [0.15, 0.2) is 12.1 Å². The first kappa shape index (κ1) is 10.6. The summed E-state index contributed by atoms with van der Waals surface area (Å²) >= 11 is 7.70. The van der Waals surface area contributed by atoms with E-state index in [0.29, 0.717) is 10.7 Å². The lowest BCUT2D eigenvalue weighted by atomic mass is 10.3. The number of aromatic amines is 1. The number of nitrogens with one attached hydrogen (secondary N) is 1. The van der Waals surface area contributed by atoms with Crippen LogP contribution in [0.4, 0.5) is 5.69 Å². The molecule has 0 aliphatic rings. The Bertz CT molecular complexity index is 481. The highest BCUT2D eigenvalue weighted by atomic mass is 35.5. The van der Waals surface area contributed by atoms with Gasteiger partial charge in [0.2, 0.25) is 0 Å². The fraction of sp³-hybridized carbons (Fsp3) is 0.300. The standard InChI is InChI=1S/C10H12ClN3S/c1-15-3-2-9-13-8-5-6(11)4-7(12)10(8)14-9/h4-5H,2-3,12H2,1H3,(H,13,14). The van der Waals surface area contributed by atoms with Gasteiger partial charge in [0.1, 0.15) is 11.3 Å². The van der Waals surface area contributed by atoms with Crippen molar-refractivity contribution >= 4 is 40.1 Å². The van der Waals surface area contributed by atoms with Crippen LogP contribution < -0.4 is 5.73 Å². The predicted octanol–water partition coefficient (Wildman–Crippen LogP) is 2.70. The number of thioether (sulfide) groups is 1. The Balaban J connectivity index is 2.41. The van der Waals surface area contributed by atoms with E-state index >= 15 is 0 Å². The molecule has 1 aromatic carbocycles. The molecule has 0 atom stereocenters. The zero-order chi connectivity index (χ0) is 10.8. The smallest absolute Gasteiger partial charge is 0.112 e. The van der Waals surface area contributed by atoms with Crippen LogP contribution in [0, 0.1) is 0 Å². The number of hydrogen-bond donors (Lipinski definition) is 2. The second-order valence-electron chi connectivity index (χ2n) is 3.32. The van der Waals surface area contributed by atoms with Gasteiger partial charge >= 0.3 is 0 Å². The molecule has 3 nitrogen and oxygen atoms in total. The Hall–Kier alpha value is -0.870. The number of H-pyrrole nitrogens is 1. The van der Waals surface area contributed by atoms with E-state index in [1.54, 1.807) is 17.8 Å². The van der Waals surface area contributed by atoms with Gasteiger partial charge in [-0.3, -0.25) is 0 Å². The molecule has 1 aromatic heterocycles. The number of rotatable bonds is 3. The first-order valence-corrected chi connectivity index (χ1v) is 6.40. The van der Waals surface area contributed by atoms with Crippen molar-refractivity contribution < 1.29 is 0 Å². The first-order valence-electron chi connectivity index (χ1n) is 4.63. The zero-order valence-electron chi connectivity index (χ0n) is 8.38. The minimum atomic E-state index is 0.629. The highest BCUT2D eigenvalue weighted by molar-refractivity contribution is 7.98. The molecular weight excluding hydrogens is 230 g/mol. The van der Waals surface area contributed by atoms with E-state index in [1.807, 2.05) is 6.07 Å². The molecule has 2 rings (SSSR count). The van der Waals surface area contributed by atoms with E-state index < -0.39 is 0 Å². The molecule has 1 heterocycles. The fourth-order valence-corrected chi connectivity index (χ4v) is 2.10. The molecule has 80 valence electrons. The van der Waals surface area contributed by atoms with E-state index in [4.69, 9.17) is 17.3 Å². The van der Waals surface area contributed by atoms with Crippen molar-refractivity contribution in [1.82, 2.24) is 9.97 Å². The lowest BCUT2D eigenvalue weighted by Gasteiger charge is -1.94. The Morgan fingerprint density at radius 1 is 1.53 bits per heavy atom. The third kappa shape index (κ3) is 2.21. The van der Waals surface area contributed by atoms with Gasteiger partial charge in [0.05, 0.1) is 11.2 Å². The van der Waals surface area contributed by atoms with Gasteiger partial charge in [-0.25, -0.2) is 4.98 Å². The molecule has 0 unspecified atom stereocenters. The molecule has 0 radical (unpaired) electrons. The number of aryl methyl sites for hydroxylation is 1. The van der Waals surface area contributed by atoms with Gasteiger partial charge in [0, 0.05) is 17.2 Å². The molecule has 2 aromatic rings. The van der Waals surface area contributed by atoms with Crippen molar-refractivity contribution in [2.75, 3.05) is 17.7 Å². The van der Waals surface area contributed by atoms with E-state index in [9.17, 15) is 0 Å². The average Bonchev–Trinajstić information content (AvgIpc) is 2.57. The molecule has 0 saturated carbocycles. The molecule has 0 bridgehead atoms. The summed E-state index contributed by atoms with van der Waals surface area (Å²) in [5, 5.41) is 0.639. The summed E-state index contributed by atoms with van der Waals surface area (Å²) in [6, 6.07) is 3.58. The number of anilines is 1. The lowest BCUT2D eigenvalue weighted by Crippen LogP contribution is -1.90. The van der Waals surface area contributed by atoms with Gasteiger partial charge in [-0.1, -0.05) is 11.6 Å². The van der Waals surface area contributed by atoms with Crippen LogP contribution in [0.3, 0.4) is 0 Å². The summed E-state index contributed by atoms with van der Waals surface area (Å²) in [5.74, 6) is 2.02. The third-order valence-electron chi connectivity index (χ3n) is 2.17. The topological polar surface area (TPSA) is 54.7 Å². The van der Waals surface area contributed by atoms with Crippen molar-refractivity contribution in [3.63, 3.8) is 0 Å². The van der Waals surface area contributed by atoms with Crippen LogP contribution >= 0.6 is 23.4 Å². The number of fused-ring (bicyclic) bond motifs is 1. The van der Waals surface area contributed by atoms with E-state index in [1.165, 1.54) is 0 Å². The van der Waals surface area contributed by atoms with Crippen LogP contribution in [-0.2, 0) is 6.42 Å². The molecule has 0 amide bonds. The van der Waals surface area contributed by atoms with E-state index in [-0.39, 0.29) is 0 Å². The minimum Gasteiger partial charge on any atom is -0.397 e. The second kappa shape index (κ2) is 4.33. The molecule has 0 aliphatic carbocycles. The van der Waals surface area contributed by atoms with Crippen LogP contribution in [0.1, 0.15) is 5.82 Å². The van der Waals surface area contributed by atoms with Gasteiger partial charge in [0.25, 0.3) is 0 Å². The number of nitrogens with two attached hydrogens (primary N) is 1. The normalized spacial score (nSPS) is 11.1. The Labute approximate surface area is 97.4 Å². The number of aromatic nitrogens is 2.